The van der Waals surface area contributed by atoms with Crippen molar-refractivity contribution in [1.82, 2.24) is 20.4 Å². The van der Waals surface area contributed by atoms with Gasteiger partial charge in [0.05, 0.1) is 6.04 Å². The molecule has 0 aliphatic carbocycles. The summed E-state index contributed by atoms with van der Waals surface area (Å²) in [6.45, 7) is 5.80. The van der Waals surface area contributed by atoms with Crippen molar-refractivity contribution in [2.24, 2.45) is 5.92 Å². The zero-order valence-electron chi connectivity index (χ0n) is 14.9. The Kier molecular flexibility index (Phi) is 7.26. The minimum atomic E-state index is -0.105. The average Bonchev–Trinajstić information content (AvgIpc) is 3.16. The predicted molar refractivity (Wildman–Crippen MR) is 94.7 cm³/mol. The maximum Gasteiger partial charge on any atom is 0.271 e. The molecule has 0 saturated carbocycles. The van der Waals surface area contributed by atoms with Gasteiger partial charge in [0, 0.05) is 45.7 Å². The summed E-state index contributed by atoms with van der Waals surface area (Å²) in [5.74, 6) is 0.522. The molecule has 2 fully saturated rings. The highest BCUT2D eigenvalue weighted by atomic mass is 16.5. The molecule has 1 unspecified atom stereocenters. The fourth-order valence-electron chi connectivity index (χ4n) is 3.35. The Labute approximate surface area is 149 Å². The summed E-state index contributed by atoms with van der Waals surface area (Å²) in [6.07, 6.45) is 7.18. The number of nitrogens with zero attached hydrogens (tertiary/aromatic N) is 2. The molecular weight excluding hydrogens is 320 g/mol. The topological polar surface area (TPSA) is 77.4 Å². The molecule has 2 aliphatic heterocycles. The molecule has 0 spiro atoms. The second-order valence-electron chi connectivity index (χ2n) is 6.92. The first-order chi connectivity index (χ1) is 12.3. The second kappa shape index (κ2) is 9.89. The smallest absolute Gasteiger partial charge is 0.271 e. The van der Waals surface area contributed by atoms with Crippen molar-refractivity contribution in [3.8, 4) is 0 Å². The van der Waals surface area contributed by atoms with Crippen molar-refractivity contribution in [3.05, 3.63) is 18.0 Å². The Bertz CT molecular complexity index is 522. The van der Waals surface area contributed by atoms with Gasteiger partial charge < -0.3 is 20.1 Å². The van der Waals surface area contributed by atoms with Gasteiger partial charge in [-0.1, -0.05) is 0 Å². The Morgan fingerprint density at radius 1 is 1.40 bits per heavy atom. The van der Waals surface area contributed by atoms with E-state index in [-0.39, 0.29) is 5.91 Å². The molecule has 2 saturated heterocycles. The number of hydrogen-bond donors (Lipinski definition) is 2. The number of nitrogens with one attached hydrogen (secondary N) is 2. The average molecular weight is 350 g/mol. The number of amides is 1. The number of carbonyl (C=O) groups is 1. The highest BCUT2D eigenvalue weighted by molar-refractivity contribution is 5.92. The highest BCUT2D eigenvalue weighted by Crippen LogP contribution is 2.16. The zero-order valence-corrected chi connectivity index (χ0v) is 14.9. The largest absolute Gasteiger partial charge is 0.381 e. The first-order valence-corrected chi connectivity index (χ1v) is 9.52. The van der Waals surface area contributed by atoms with E-state index in [4.69, 9.17) is 9.47 Å². The fraction of sp³-hybridized carbons (Fsp3) is 0.778. The lowest BCUT2D eigenvalue weighted by atomic mass is 10.0. The number of carbonyl (C=O) groups excluding carboxylic acids is 1. The Morgan fingerprint density at radius 3 is 3.08 bits per heavy atom. The van der Waals surface area contributed by atoms with Crippen LogP contribution in [0.25, 0.3) is 0 Å². The lowest BCUT2D eigenvalue weighted by Crippen LogP contribution is -2.32. The summed E-state index contributed by atoms with van der Waals surface area (Å²) in [7, 11) is 0. The lowest BCUT2D eigenvalue weighted by Gasteiger charge is -2.22. The van der Waals surface area contributed by atoms with Crippen molar-refractivity contribution < 1.29 is 14.3 Å². The van der Waals surface area contributed by atoms with Crippen molar-refractivity contribution >= 4 is 5.91 Å². The van der Waals surface area contributed by atoms with Crippen molar-refractivity contribution in [2.75, 3.05) is 46.1 Å². The molecule has 1 aromatic heterocycles. The minimum Gasteiger partial charge on any atom is -0.381 e. The van der Waals surface area contributed by atoms with Gasteiger partial charge in [-0.3, -0.25) is 9.48 Å². The van der Waals surface area contributed by atoms with Gasteiger partial charge in [-0.15, -0.1) is 0 Å². The number of piperidine rings is 1. The highest BCUT2D eigenvalue weighted by Gasteiger charge is 2.17. The van der Waals surface area contributed by atoms with Gasteiger partial charge in [-0.25, -0.2) is 0 Å². The molecule has 0 aromatic carbocycles. The van der Waals surface area contributed by atoms with Crippen LogP contribution in [0.2, 0.25) is 0 Å². The predicted octanol–water partition coefficient (Wildman–Crippen LogP) is 1.37. The maximum atomic E-state index is 12.2. The maximum absolute atomic E-state index is 12.2. The summed E-state index contributed by atoms with van der Waals surface area (Å²) in [5.41, 5.74) is 0.494. The SMILES string of the molecule is O=C(NCCCOCC1CCOCC1)c1ccn(C2CCCNC2)n1. The Morgan fingerprint density at radius 2 is 2.28 bits per heavy atom. The molecule has 140 valence electrons. The van der Waals surface area contributed by atoms with Gasteiger partial charge >= 0.3 is 0 Å². The fourth-order valence-corrected chi connectivity index (χ4v) is 3.35. The molecule has 7 heteroatoms. The number of aromatic nitrogens is 2. The standard InChI is InChI=1S/C18H30N4O3/c23-18(17-4-9-22(21-17)16-3-1-7-19-13-16)20-8-2-10-25-14-15-5-11-24-12-6-15/h4,9,15-16,19H,1-3,5-8,10-14H2,(H,20,23). The number of hydrogen-bond acceptors (Lipinski definition) is 5. The third-order valence-corrected chi connectivity index (χ3v) is 4.93. The summed E-state index contributed by atoms with van der Waals surface area (Å²) < 4.78 is 13.0. The van der Waals surface area contributed by atoms with E-state index in [9.17, 15) is 4.79 Å². The summed E-state index contributed by atoms with van der Waals surface area (Å²) >= 11 is 0. The Hall–Kier alpha value is -1.44. The van der Waals surface area contributed by atoms with E-state index in [0.29, 0.717) is 30.8 Å². The first-order valence-electron chi connectivity index (χ1n) is 9.52. The molecule has 3 heterocycles. The third-order valence-electron chi connectivity index (χ3n) is 4.93. The van der Waals surface area contributed by atoms with Crippen molar-refractivity contribution in [3.63, 3.8) is 0 Å². The van der Waals surface area contributed by atoms with Gasteiger partial charge in [0.25, 0.3) is 5.91 Å². The van der Waals surface area contributed by atoms with Gasteiger partial charge in [-0.05, 0) is 50.6 Å². The molecule has 2 N–H and O–H groups in total. The molecule has 0 bridgehead atoms. The van der Waals surface area contributed by atoms with E-state index in [1.54, 1.807) is 6.07 Å². The van der Waals surface area contributed by atoms with Crippen LogP contribution in [0.3, 0.4) is 0 Å². The summed E-state index contributed by atoms with van der Waals surface area (Å²) in [4.78, 5) is 12.2. The van der Waals surface area contributed by atoms with Crippen LogP contribution in [-0.2, 0) is 9.47 Å². The van der Waals surface area contributed by atoms with E-state index < -0.39 is 0 Å². The van der Waals surface area contributed by atoms with E-state index in [0.717, 1.165) is 65.0 Å². The Balaban J connectivity index is 1.29. The molecule has 1 aromatic rings. The summed E-state index contributed by atoms with van der Waals surface area (Å²) in [5, 5.41) is 10.7. The third kappa shape index (κ3) is 5.80. The summed E-state index contributed by atoms with van der Waals surface area (Å²) in [6, 6.07) is 2.15. The number of ether oxygens (including phenoxy) is 2. The van der Waals surface area contributed by atoms with Crippen LogP contribution in [0.1, 0.15) is 48.6 Å². The van der Waals surface area contributed by atoms with Crippen LogP contribution >= 0.6 is 0 Å². The van der Waals surface area contributed by atoms with Crippen molar-refractivity contribution in [1.29, 1.82) is 0 Å². The van der Waals surface area contributed by atoms with E-state index >= 15 is 0 Å². The van der Waals surface area contributed by atoms with E-state index in [2.05, 4.69) is 15.7 Å². The van der Waals surface area contributed by atoms with Crippen LogP contribution in [-0.4, -0.2) is 61.7 Å². The minimum absolute atomic E-state index is 0.105. The molecule has 25 heavy (non-hydrogen) atoms. The number of rotatable bonds is 8. The second-order valence-corrected chi connectivity index (χ2v) is 6.92. The van der Waals surface area contributed by atoms with Gasteiger partial charge in [0.2, 0.25) is 0 Å². The van der Waals surface area contributed by atoms with Crippen LogP contribution in [0, 0.1) is 5.92 Å². The van der Waals surface area contributed by atoms with E-state index in [1.165, 1.54) is 0 Å². The van der Waals surface area contributed by atoms with Gasteiger partial charge in [0.15, 0.2) is 0 Å². The molecule has 1 atom stereocenters. The monoisotopic (exact) mass is 350 g/mol. The molecular formula is C18H30N4O3. The van der Waals surface area contributed by atoms with Gasteiger partial charge in [0.1, 0.15) is 5.69 Å². The van der Waals surface area contributed by atoms with Crippen LogP contribution in [0.4, 0.5) is 0 Å². The lowest BCUT2D eigenvalue weighted by molar-refractivity contribution is 0.0202. The van der Waals surface area contributed by atoms with Crippen LogP contribution in [0.5, 0.6) is 0 Å². The van der Waals surface area contributed by atoms with Gasteiger partial charge in [-0.2, -0.15) is 5.10 Å². The molecule has 2 aliphatic rings. The zero-order chi connectivity index (χ0) is 17.3. The van der Waals surface area contributed by atoms with E-state index in [1.807, 2.05) is 10.9 Å². The molecule has 1 amide bonds. The molecule has 7 nitrogen and oxygen atoms in total. The normalized spacial score (nSPS) is 22.0. The van der Waals surface area contributed by atoms with Crippen molar-refractivity contribution in [2.45, 2.75) is 38.1 Å². The van der Waals surface area contributed by atoms with Crippen LogP contribution in [0.15, 0.2) is 12.3 Å². The first kappa shape index (κ1) is 18.4. The quantitative estimate of drug-likeness (QED) is 0.693. The molecule has 0 radical (unpaired) electrons. The molecule has 3 rings (SSSR count). The van der Waals surface area contributed by atoms with Crippen LogP contribution < -0.4 is 10.6 Å².